The van der Waals surface area contributed by atoms with Crippen molar-refractivity contribution in [3.63, 3.8) is 0 Å². The maximum atomic E-state index is 12.3. The molecule has 2 atom stereocenters. The molecule has 0 saturated carbocycles. The third-order valence-electron chi connectivity index (χ3n) is 5.38. The minimum atomic E-state index is -3.70. The van der Waals surface area contributed by atoms with Gasteiger partial charge in [0.15, 0.2) is 0 Å². The second-order valence-corrected chi connectivity index (χ2v) is 9.44. The number of hydrogen-bond acceptors (Lipinski definition) is 5. The fourth-order valence-electron chi connectivity index (χ4n) is 3.67. The SMILES string of the molecule is Cc1ccc(S(=O)(=O)N2CCC[C@H]2C(=O)O)cc1.NC[C@@H]1CCc2ccccc2O1. The number of para-hydroxylation sites is 1. The molecule has 2 aliphatic rings. The van der Waals surface area contributed by atoms with E-state index in [1.165, 1.54) is 17.7 Å². The highest BCUT2D eigenvalue weighted by atomic mass is 32.2. The summed E-state index contributed by atoms with van der Waals surface area (Å²) in [6.07, 6.45) is 3.33. The number of aryl methyl sites for hydroxylation is 2. The smallest absolute Gasteiger partial charge is 0.322 e. The number of ether oxygens (including phenoxy) is 1. The number of carbonyl (C=O) groups is 1. The second-order valence-electron chi connectivity index (χ2n) is 7.55. The van der Waals surface area contributed by atoms with E-state index in [1.54, 1.807) is 12.1 Å². The molecule has 2 aromatic carbocycles. The van der Waals surface area contributed by atoms with Crippen molar-refractivity contribution >= 4 is 16.0 Å². The Bertz CT molecular complexity index is 975. The number of carboxylic acids is 1. The van der Waals surface area contributed by atoms with Gasteiger partial charge < -0.3 is 15.6 Å². The van der Waals surface area contributed by atoms with Gasteiger partial charge in [-0.1, -0.05) is 35.9 Å². The highest BCUT2D eigenvalue weighted by Crippen LogP contribution is 2.27. The summed E-state index contributed by atoms with van der Waals surface area (Å²) >= 11 is 0. The van der Waals surface area contributed by atoms with Gasteiger partial charge in [0, 0.05) is 13.1 Å². The predicted octanol–water partition coefficient (Wildman–Crippen LogP) is 2.57. The third-order valence-corrected chi connectivity index (χ3v) is 7.30. The molecule has 0 aromatic heterocycles. The first-order valence-corrected chi connectivity index (χ1v) is 11.5. The Balaban J connectivity index is 0.000000184. The third kappa shape index (κ3) is 5.00. The molecule has 2 aromatic rings. The van der Waals surface area contributed by atoms with Crippen LogP contribution >= 0.6 is 0 Å². The van der Waals surface area contributed by atoms with Crippen molar-refractivity contribution < 1.29 is 23.1 Å². The summed E-state index contributed by atoms with van der Waals surface area (Å²) in [4.78, 5) is 11.2. The number of nitrogens with two attached hydrogens (primary N) is 1. The first-order chi connectivity index (χ1) is 14.3. The maximum Gasteiger partial charge on any atom is 0.322 e. The zero-order chi connectivity index (χ0) is 21.7. The van der Waals surface area contributed by atoms with Crippen molar-refractivity contribution in [2.75, 3.05) is 13.1 Å². The lowest BCUT2D eigenvalue weighted by Crippen LogP contribution is -2.40. The number of benzene rings is 2. The maximum absolute atomic E-state index is 12.3. The van der Waals surface area contributed by atoms with E-state index in [0.29, 0.717) is 19.4 Å². The number of hydrogen-bond donors (Lipinski definition) is 2. The first-order valence-electron chi connectivity index (χ1n) is 10.1. The van der Waals surface area contributed by atoms with Crippen LogP contribution in [0, 0.1) is 6.92 Å². The van der Waals surface area contributed by atoms with Crippen LogP contribution in [0.2, 0.25) is 0 Å². The zero-order valence-electron chi connectivity index (χ0n) is 17.0. The second kappa shape index (κ2) is 9.59. The molecule has 0 amide bonds. The van der Waals surface area contributed by atoms with Gasteiger partial charge in [0.25, 0.3) is 0 Å². The van der Waals surface area contributed by atoms with E-state index in [0.717, 1.165) is 28.5 Å². The van der Waals surface area contributed by atoms with E-state index < -0.39 is 22.0 Å². The predicted molar refractivity (Wildman–Crippen MR) is 114 cm³/mol. The Morgan fingerprint density at radius 3 is 2.53 bits per heavy atom. The number of sulfonamides is 1. The van der Waals surface area contributed by atoms with Gasteiger partial charge in [0.2, 0.25) is 10.0 Å². The lowest BCUT2D eigenvalue weighted by molar-refractivity contribution is -0.140. The molecule has 3 N–H and O–H groups in total. The van der Waals surface area contributed by atoms with Gasteiger partial charge in [-0.25, -0.2) is 8.42 Å². The number of carboxylic acid groups (broad SMARTS) is 1. The van der Waals surface area contributed by atoms with E-state index >= 15 is 0 Å². The summed E-state index contributed by atoms with van der Waals surface area (Å²) in [5.41, 5.74) is 7.81. The van der Waals surface area contributed by atoms with Gasteiger partial charge in [-0.15, -0.1) is 0 Å². The lowest BCUT2D eigenvalue weighted by Gasteiger charge is -2.24. The molecule has 1 fully saturated rings. The van der Waals surface area contributed by atoms with Crippen LogP contribution in [0.3, 0.4) is 0 Å². The van der Waals surface area contributed by atoms with Gasteiger partial charge in [-0.2, -0.15) is 4.31 Å². The van der Waals surface area contributed by atoms with Crippen LogP contribution in [0.4, 0.5) is 0 Å². The average molecular weight is 433 g/mol. The molecule has 162 valence electrons. The van der Waals surface area contributed by atoms with E-state index in [-0.39, 0.29) is 17.5 Å². The molecule has 8 heteroatoms. The Hall–Kier alpha value is -2.42. The molecule has 1 saturated heterocycles. The Labute approximate surface area is 177 Å². The Morgan fingerprint density at radius 2 is 1.87 bits per heavy atom. The molecule has 2 aliphatic heterocycles. The highest BCUT2D eigenvalue weighted by Gasteiger charge is 2.39. The summed E-state index contributed by atoms with van der Waals surface area (Å²) < 4.78 is 31.4. The van der Waals surface area contributed by atoms with Crippen molar-refractivity contribution in [1.82, 2.24) is 4.31 Å². The first kappa shape index (κ1) is 22.3. The van der Waals surface area contributed by atoms with Gasteiger partial charge in [0.05, 0.1) is 4.90 Å². The van der Waals surface area contributed by atoms with Crippen molar-refractivity contribution in [3.8, 4) is 5.75 Å². The van der Waals surface area contributed by atoms with Crippen LogP contribution in [0.5, 0.6) is 5.75 Å². The van der Waals surface area contributed by atoms with Crippen LogP contribution in [0.15, 0.2) is 53.4 Å². The topological polar surface area (TPSA) is 110 Å². The van der Waals surface area contributed by atoms with Gasteiger partial charge >= 0.3 is 5.97 Å². The summed E-state index contributed by atoms with van der Waals surface area (Å²) in [6, 6.07) is 13.7. The Kier molecular flexibility index (Phi) is 7.12. The minimum absolute atomic E-state index is 0.154. The van der Waals surface area contributed by atoms with Gasteiger partial charge in [-0.05, 0) is 56.4 Å². The average Bonchev–Trinajstić information content (AvgIpc) is 3.25. The number of rotatable bonds is 4. The van der Waals surface area contributed by atoms with Gasteiger partial charge in [0.1, 0.15) is 17.9 Å². The van der Waals surface area contributed by atoms with Crippen LogP contribution in [0.1, 0.15) is 30.4 Å². The summed E-state index contributed by atoms with van der Waals surface area (Å²) in [5, 5.41) is 9.03. The quantitative estimate of drug-likeness (QED) is 0.768. The van der Waals surface area contributed by atoms with Crippen molar-refractivity contribution in [2.45, 2.75) is 49.6 Å². The monoisotopic (exact) mass is 432 g/mol. The standard InChI is InChI=1S/C12H15NO4S.C10H13NO/c1-9-4-6-10(7-5-9)18(16,17)13-8-2-3-11(13)12(14)15;11-7-9-6-5-8-3-1-2-4-10(8)12-9/h4-7,11H,2-3,8H2,1H3,(H,14,15);1-4,9H,5-7,11H2/t11-;9-/m00/s1. The Morgan fingerprint density at radius 1 is 1.17 bits per heavy atom. The number of fused-ring (bicyclic) bond motifs is 1. The summed E-state index contributed by atoms with van der Waals surface area (Å²) in [7, 11) is -3.70. The van der Waals surface area contributed by atoms with Crippen LogP contribution in [0.25, 0.3) is 0 Å². The molecular formula is C22H28N2O5S. The minimum Gasteiger partial charge on any atom is -0.489 e. The molecule has 0 bridgehead atoms. The number of aliphatic carboxylic acids is 1. The molecular weight excluding hydrogens is 404 g/mol. The van der Waals surface area contributed by atoms with Crippen LogP contribution in [-0.2, 0) is 21.2 Å². The van der Waals surface area contributed by atoms with Gasteiger partial charge in [-0.3, -0.25) is 4.79 Å². The fourth-order valence-corrected chi connectivity index (χ4v) is 5.32. The number of nitrogens with zero attached hydrogens (tertiary/aromatic N) is 1. The summed E-state index contributed by atoms with van der Waals surface area (Å²) in [5.74, 6) is -0.0672. The molecule has 0 aliphatic carbocycles. The largest absolute Gasteiger partial charge is 0.489 e. The van der Waals surface area contributed by atoms with E-state index in [1.807, 2.05) is 25.1 Å². The van der Waals surface area contributed by atoms with Crippen molar-refractivity contribution in [3.05, 3.63) is 59.7 Å². The molecule has 0 spiro atoms. The zero-order valence-corrected chi connectivity index (χ0v) is 17.8. The molecule has 7 nitrogen and oxygen atoms in total. The lowest BCUT2D eigenvalue weighted by atomic mass is 10.0. The van der Waals surface area contributed by atoms with E-state index in [4.69, 9.17) is 15.6 Å². The molecule has 0 radical (unpaired) electrons. The highest BCUT2D eigenvalue weighted by molar-refractivity contribution is 7.89. The van der Waals surface area contributed by atoms with Crippen LogP contribution < -0.4 is 10.5 Å². The molecule has 30 heavy (non-hydrogen) atoms. The molecule has 0 unspecified atom stereocenters. The van der Waals surface area contributed by atoms with Crippen molar-refractivity contribution in [1.29, 1.82) is 0 Å². The summed E-state index contributed by atoms with van der Waals surface area (Å²) in [6.45, 7) is 2.76. The van der Waals surface area contributed by atoms with Crippen LogP contribution in [-0.4, -0.2) is 49.0 Å². The fraction of sp³-hybridized carbons (Fsp3) is 0.409. The van der Waals surface area contributed by atoms with E-state index in [2.05, 4.69) is 6.07 Å². The molecule has 2 heterocycles. The normalized spacial score (nSPS) is 21.1. The van der Waals surface area contributed by atoms with E-state index in [9.17, 15) is 13.2 Å². The molecule has 4 rings (SSSR count). The van der Waals surface area contributed by atoms with Crippen molar-refractivity contribution in [2.24, 2.45) is 5.73 Å².